The highest BCUT2D eigenvalue weighted by molar-refractivity contribution is 7.89. The molecule has 12 heteroatoms. The van der Waals surface area contributed by atoms with Gasteiger partial charge >= 0.3 is 0 Å². The second-order valence-corrected chi connectivity index (χ2v) is 9.83. The van der Waals surface area contributed by atoms with E-state index in [1.54, 1.807) is 0 Å². The van der Waals surface area contributed by atoms with Crippen LogP contribution in [0.15, 0.2) is 59.5 Å². The predicted molar refractivity (Wildman–Crippen MR) is 130 cm³/mol. The molecule has 1 atom stereocenters. The summed E-state index contributed by atoms with van der Waals surface area (Å²) in [6.07, 6.45) is -1.51. The third-order valence-electron chi connectivity index (χ3n) is 4.92. The van der Waals surface area contributed by atoms with Gasteiger partial charge in [0.15, 0.2) is 11.5 Å². The van der Waals surface area contributed by atoms with Gasteiger partial charge in [-0.15, -0.1) is 0 Å². The third-order valence-corrected chi connectivity index (χ3v) is 6.79. The highest BCUT2D eigenvalue weighted by atomic mass is 35.5. The second kappa shape index (κ2) is 11.2. The van der Waals surface area contributed by atoms with Gasteiger partial charge in [-0.25, -0.2) is 17.5 Å². The smallest absolute Gasteiger partial charge is 0.241 e. The third kappa shape index (κ3) is 6.41. The molecular weight excluding hydrogens is 522 g/mol. The van der Waals surface area contributed by atoms with Crippen LogP contribution in [0.1, 0.15) is 17.2 Å². The molecule has 0 radical (unpaired) electrons. The lowest BCUT2D eigenvalue weighted by Gasteiger charge is -2.18. The van der Waals surface area contributed by atoms with Crippen molar-refractivity contribution in [3.8, 4) is 11.5 Å². The van der Waals surface area contributed by atoms with Crippen LogP contribution < -0.4 is 19.5 Å². The molecule has 3 N–H and O–H groups in total. The van der Waals surface area contributed by atoms with Gasteiger partial charge in [-0.1, -0.05) is 23.2 Å². The van der Waals surface area contributed by atoms with Gasteiger partial charge in [0.1, 0.15) is 11.9 Å². The van der Waals surface area contributed by atoms with Crippen molar-refractivity contribution in [2.24, 2.45) is 0 Å². The molecule has 0 aliphatic heterocycles. The second-order valence-electron chi connectivity index (χ2n) is 7.19. The SMILES string of the molecule is COc1ccc(S(=O)(=O)NCC(=O)Nc2ccc(Cl)cc2C(O)c2cc(Cl)ccc2F)cc1OC. The largest absolute Gasteiger partial charge is 0.493 e. The first-order chi connectivity index (χ1) is 16.6. The number of carbonyl (C=O) groups is 1. The van der Waals surface area contributed by atoms with Crippen LogP contribution in [0.5, 0.6) is 11.5 Å². The Bertz CT molecular complexity index is 1350. The van der Waals surface area contributed by atoms with Gasteiger partial charge in [-0.2, -0.15) is 0 Å². The molecule has 0 spiro atoms. The molecule has 1 amide bonds. The van der Waals surface area contributed by atoms with Crippen molar-refractivity contribution in [1.29, 1.82) is 0 Å². The zero-order valence-electron chi connectivity index (χ0n) is 18.5. The number of hydrogen-bond donors (Lipinski definition) is 3. The zero-order valence-corrected chi connectivity index (χ0v) is 20.8. The summed E-state index contributed by atoms with van der Waals surface area (Å²) in [5.74, 6) is -0.903. The minimum absolute atomic E-state index is 0.0924. The van der Waals surface area contributed by atoms with Crippen LogP contribution in [0.25, 0.3) is 0 Å². The minimum atomic E-state index is -4.07. The molecule has 3 aromatic carbocycles. The fourth-order valence-electron chi connectivity index (χ4n) is 3.19. The quantitative estimate of drug-likeness (QED) is 0.374. The molecule has 35 heavy (non-hydrogen) atoms. The molecule has 0 saturated carbocycles. The highest BCUT2D eigenvalue weighted by Gasteiger charge is 2.22. The van der Waals surface area contributed by atoms with E-state index in [0.29, 0.717) is 5.75 Å². The van der Waals surface area contributed by atoms with Crippen LogP contribution in [-0.4, -0.2) is 40.2 Å². The van der Waals surface area contributed by atoms with E-state index in [4.69, 9.17) is 32.7 Å². The number of aliphatic hydroxyl groups excluding tert-OH is 1. The number of carbonyl (C=O) groups excluding carboxylic acids is 1. The van der Waals surface area contributed by atoms with Gasteiger partial charge in [0.2, 0.25) is 15.9 Å². The summed E-state index contributed by atoms with van der Waals surface area (Å²) in [6, 6.07) is 11.9. The van der Waals surface area contributed by atoms with Crippen LogP contribution in [0.3, 0.4) is 0 Å². The Morgan fingerprint density at radius 1 is 0.971 bits per heavy atom. The number of methoxy groups -OCH3 is 2. The summed E-state index contributed by atoms with van der Waals surface area (Å²) in [7, 11) is -1.30. The van der Waals surface area contributed by atoms with Gasteiger partial charge < -0.3 is 19.9 Å². The number of anilines is 1. The molecule has 186 valence electrons. The molecule has 0 bridgehead atoms. The van der Waals surface area contributed by atoms with Gasteiger partial charge in [0.05, 0.1) is 25.7 Å². The fraction of sp³-hybridized carbons (Fsp3) is 0.174. The average molecular weight is 543 g/mol. The van der Waals surface area contributed by atoms with Crippen molar-refractivity contribution in [2.45, 2.75) is 11.0 Å². The number of nitrogens with one attached hydrogen (secondary N) is 2. The molecule has 0 aliphatic carbocycles. The van der Waals surface area contributed by atoms with Gasteiger partial charge in [-0.3, -0.25) is 4.79 Å². The molecule has 0 aromatic heterocycles. The Labute approximate surface area is 211 Å². The Morgan fingerprint density at radius 3 is 2.26 bits per heavy atom. The Morgan fingerprint density at radius 2 is 1.60 bits per heavy atom. The number of aliphatic hydroxyl groups is 1. The summed E-state index contributed by atoms with van der Waals surface area (Å²) in [5, 5.41) is 13.7. The summed E-state index contributed by atoms with van der Waals surface area (Å²) >= 11 is 12.0. The lowest BCUT2D eigenvalue weighted by molar-refractivity contribution is -0.115. The van der Waals surface area contributed by atoms with Crippen molar-refractivity contribution >= 4 is 44.8 Å². The van der Waals surface area contributed by atoms with Crippen LogP contribution in [-0.2, 0) is 14.8 Å². The maximum atomic E-state index is 14.3. The van der Waals surface area contributed by atoms with Crippen LogP contribution in [0, 0.1) is 5.82 Å². The lowest BCUT2D eigenvalue weighted by Crippen LogP contribution is -2.33. The first-order valence-corrected chi connectivity index (χ1v) is 12.2. The van der Waals surface area contributed by atoms with Crippen LogP contribution >= 0.6 is 23.2 Å². The molecule has 8 nitrogen and oxygen atoms in total. The molecule has 1 unspecified atom stereocenters. The number of ether oxygens (including phenoxy) is 2. The number of benzene rings is 3. The monoisotopic (exact) mass is 542 g/mol. The van der Waals surface area contributed by atoms with Gasteiger partial charge in [-0.05, 0) is 48.5 Å². The van der Waals surface area contributed by atoms with E-state index < -0.39 is 34.4 Å². The van der Waals surface area contributed by atoms with Gasteiger partial charge in [0.25, 0.3) is 0 Å². The lowest BCUT2D eigenvalue weighted by atomic mass is 9.99. The van der Waals surface area contributed by atoms with Crippen molar-refractivity contribution in [2.75, 3.05) is 26.1 Å². The van der Waals surface area contributed by atoms with Crippen molar-refractivity contribution in [1.82, 2.24) is 4.72 Å². The Kier molecular flexibility index (Phi) is 8.57. The summed E-state index contributed by atoms with van der Waals surface area (Å²) < 4.78 is 51.9. The first kappa shape index (κ1) is 26.7. The standard InChI is InChI=1S/C23H21Cl2FN2O6S/c1-33-20-8-5-15(11-21(20)34-2)35(31,32)27-12-22(29)28-19-7-4-14(25)10-17(19)23(30)16-9-13(24)3-6-18(16)26/h3-11,23,27,30H,12H2,1-2H3,(H,28,29). The van der Waals surface area contributed by atoms with E-state index >= 15 is 0 Å². The van der Waals surface area contributed by atoms with E-state index in [9.17, 15) is 22.7 Å². The number of sulfonamides is 1. The molecule has 3 aromatic rings. The molecule has 3 rings (SSSR count). The van der Waals surface area contributed by atoms with E-state index in [2.05, 4.69) is 10.0 Å². The fourth-order valence-corrected chi connectivity index (χ4v) is 4.55. The number of halogens is 3. The van der Waals surface area contributed by atoms with E-state index in [0.717, 1.165) is 6.07 Å². The minimum Gasteiger partial charge on any atom is -0.493 e. The van der Waals surface area contributed by atoms with Crippen LogP contribution in [0.4, 0.5) is 10.1 Å². The zero-order chi connectivity index (χ0) is 25.8. The van der Waals surface area contributed by atoms with Crippen molar-refractivity contribution in [3.63, 3.8) is 0 Å². The Hall–Kier alpha value is -2.89. The van der Waals surface area contributed by atoms with E-state index in [-0.39, 0.29) is 37.5 Å². The Balaban J connectivity index is 1.78. The molecular formula is C23H21Cl2FN2O6S. The normalized spacial score (nSPS) is 12.2. The van der Waals surface area contributed by atoms with Gasteiger partial charge in [0, 0.05) is 32.9 Å². The predicted octanol–water partition coefficient (Wildman–Crippen LogP) is 4.15. The maximum absolute atomic E-state index is 14.3. The molecule has 0 heterocycles. The summed E-state index contributed by atoms with van der Waals surface area (Å²) in [5.41, 5.74) is 0.0794. The topological polar surface area (TPSA) is 114 Å². The average Bonchev–Trinajstić information content (AvgIpc) is 2.84. The molecule has 0 saturated heterocycles. The van der Waals surface area contributed by atoms with Crippen molar-refractivity contribution < 1.29 is 32.2 Å². The summed E-state index contributed by atoms with van der Waals surface area (Å²) in [4.78, 5) is 12.4. The maximum Gasteiger partial charge on any atom is 0.241 e. The number of amides is 1. The van der Waals surface area contributed by atoms with E-state index in [1.807, 2.05) is 0 Å². The number of hydrogen-bond acceptors (Lipinski definition) is 6. The van der Waals surface area contributed by atoms with E-state index in [1.165, 1.54) is 62.8 Å². The molecule has 0 aliphatic rings. The summed E-state index contributed by atoms with van der Waals surface area (Å²) in [6.45, 7) is -0.625. The van der Waals surface area contributed by atoms with Crippen molar-refractivity contribution in [3.05, 3.63) is 81.6 Å². The highest BCUT2D eigenvalue weighted by Crippen LogP contribution is 2.33. The number of rotatable bonds is 9. The molecule has 0 fully saturated rings. The van der Waals surface area contributed by atoms with Crippen LogP contribution in [0.2, 0.25) is 10.0 Å². The first-order valence-electron chi connectivity index (χ1n) is 9.99.